The van der Waals surface area contributed by atoms with Crippen LogP contribution >= 0.6 is 0 Å². The number of piperidine rings is 1. The highest BCUT2D eigenvalue weighted by Gasteiger charge is 2.39. The minimum atomic E-state index is -0.336. The highest BCUT2D eigenvalue weighted by Crippen LogP contribution is 2.30. The molecule has 2 aromatic rings. The third-order valence-electron chi connectivity index (χ3n) is 5.25. The Morgan fingerprint density at radius 3 is 2.77 bits per heavy atom. The van der Waals surface area contributed by atoms with Gasteiger partial charge in [-0.15, -0.1) is 0 Å². The van der Waals surface area contributed by atoms with E-state index in [0.717, 1.165) is 31.6 Å². The van der Waals surface area contributed by atoms with E-state index in [1.165, 1.54) is 6.07 Å². The topological polar surface area (TPSA) is 67.6 Å². The van der Waals surface area contributed by atoms with Crippen molar-refractivity contribution in [2.24, 2.45) is 0 Å². The molecule has 138 valence electrons. The quantitative estimate of drug-likeness (QED) is 0.911. The number of oxazole rings is 1. The lowest BCUT2D eigenvalue weighted by molar-refractivity contribution is -0.150. The summed E-state index contributed by atoms with van der Waals surface area (Å²) in [5.74, 6) is 0.654. The molecule has 1 aromatic heterocycles. The van der Waals surface area contributed by atoms with Crippen LogP contribution in [-0.4, -0.2) is 47.6 Å². The molecule has 2 saturated heterocycles. The van der Waals surface area contributed by atoms with Crippen molar-refractivity contribution >= 4 is 5.91 Å². The SMILES string of the molecule is Cc1oc(-c2ccccc2F)nc1CN1CCC2(CC1)CNC(=O)CO2. The number of aromatic nitrogens is 1. The Morgan fingerprint density at radius 1 is 1.31 bits per heavy atom. The Bertz CT molecular complexity index is 800. The normalized spacial score (nSPS) is 20.3. The molecule has 1 N–H and O–H groups in total. The molecule has 2 aliphatic rings. The van der Waals surface area contributed by atoms with Crippen molar-refractivity contribution < 1.29 is 18.3 Å². The highest BCUT2D eigenvalue weighted by atomic mass is 19.1. The molecule has 2 aliphatic heterocycles. The number of benzene rings is 1. The summed E-state index contributed by atoms with van der Waals surface area (Å²) in [4.78, 5) is 18.1. The van der Waals surface area contributed by atoms with E-state index in [2.05, 4.69) is 15.2 Å². The maximum Gasteiger partial charge on any atom is 0.246 e. The van der Waals surface area contributed by atoms with E-state index >= 15 is 0 Å². The summed E-state index contributed by atoms with van der Waals surface area (Å²) < 4.78 is 25.4. The van der Waals surface area contributed by atoms with Crippen LogP contribution < -0.4 is 5.32 Å². The molecule has 0 aliphatic carbocycles. The molecular formula is C19H22FN3O3. The van der Waals surface area contributed by atoms with Gasteiger partial charge in [-0.2, -0.15) is 0 Å². The van der Waals surface area contributed by atoms with Crippen LogP contribution in [0.4, 0.5) is 4.39 Å². The van der Waals surface area contributed by atoms with Gasteiger partial charge in [0.2, 0.25) is 11.8 Å². The fraction of sp³-hybridized carbons (Fsp3) is 0.474. The van der Waals surface area contributed by atoms with Crippen LogP contribution in [0.3, 0.4) is 0 Å². The predicted octanol–water partition coefficient (Wildman–Crippen LogP) is 2.27. The van der Waals surface area contributed by atoms with Gasteiger partial charge >= 0.3 is 0 Å². The van der Waals surface area contributed by atoms with Gasteiger partial charge in [-0.3, -0.25) is 9.69 Å². The summed E-state index contributed by atoms with van der Waals surface area (Å²) in [6, 6.07) is 6.49. The second-order valence-corrected chi connectivity index (χ2v) is 7.03. The number of carbonyl (C=O) groups excluding carboxylic acids is 1. The molecule has 0 atom stereocenters. The Morgan fingerprint density at radius 2 is 2.08 bits per heavy atom. The summed E-state index contributed by atoms with van der Waals surface area (Å²) >= 11 is 0. The van der Waals surface area contributed by atoms with Crippen LogP contribution in [0.2, 0.25) is 0 Å². The van der Waals surface area contributed by atoms with E-state index in [1.54, 1.807) is 18.2 Å². The number of likely N-dealkylation sites (tertiary alicyclic amines) is 1. The monoisotopic (exact) mass is 359 g/mol. The fourth-order valence-electron chi connectivity index (χ4n) is 3.56. The number of ether oxygens (including phenoxy) is 1. The first-order valence-electron chi connectivity index (χ1n) is 8.89. The molecule has 6 nitrogen and oxygen atoms in total. The molecule has 26 heavy (non-hydrogen) atoms. The zero-order valence-corrected chi connectivity index (χ0v) is 14.8. The van der Waals surface area contributed by atoms with Gasteiger partial charge in [0, 0.05) is 26.2 Å². The number of carbonyl (C=O) groups is 1. The molecule has 0 saturated carbocycles. The molecule has 1 aromatic carbocycles. The molecule has 0 unspecified atom stereocenters. The zero-order valence-electron chi connectivity index (χ0n) is 14.8. The van der Waals surface area contributed by atoms with Crippen molar-refractivity contribution in [3.8, 4) is 11.5 Å². The Labute approximate surface area is 151 Å². The second kappa shape index (κ2) is 6.81. The average Bonchev–Trinajstić information content (AvgIpc) is 3.00. The van der Waals surface area contributed by atoms with E-state index < -0.39 is 0 Å². The van der Waals surface area contributed by atoms with Gasteiger partial charge in [0.1, 0.15) is 18.2 Å². The number of aryl methyl sites for hydroxylation is 1. The van der Waals surface area contributed by atoms with E-state index in [1.807, 2.05) is 6.92 Å². The van der Waals surface area contributed by atoms with E-state index in [4.69, 9.17) is 9.15 Å². The number of amides is 1. The van der Waals surface area contributed by atoms with Crippen LogP contribution in [0.1, 0.15) is 24.3 Å². The maximum atomic E-state index is 14.0. The average molecular weight is 359 g/mol. The van der Waals surface area contributed by atoms with Gasteiger partial charge in [0.15, 0.2) is 0 Å². The minimum Gasteiger partial charge on any atom is -0.441 e. The minimum absolute atomic E-state index is 0.0445. The standard InChI is InChI=1S/C19H22FN3O3/c1-13-16(22-18(26-13)14-4-2-3-5-15(14)20)10-23-8-6-19(7-9-23)12-21-17(24)11-25-19/h2-5H,6-12H2,1H3,(H,21,24). The highest BCUT2D eigenvalue weighted by molar-refractivity contribution is 5.78. The molecule has 1 spiro atoms. The van der Waals surface area contributed by atoms with E-state index in [-0.39, 0.29) is 23.9 Å². The van der Waals surface area contributed by atoms with Crippen LogP contribution in [0.5, 0.6) is 0 Å². The summed E-state index contributed by atoms with van der Waals surface area (Å²) in [7, 11) is 0. The molecule has 2 fully saturated rings. The van der Waals surface area contributed by atoms with Crippen LogP contribution in [0.25, 0.3) is 11.5 Å². The molecule has 7 heteroatoms. The van der Waals surface area contributed by atoms with Gasteiger partial charge in [0.05, 0.1) is 16.9 Å². The van der Waals surface area contributed by atoms with Crippen molar-refractivity contribution in [3.05, 3.63) is 41.5 Å². The summed E-state index contributed by atoms with van der Waals surface area (Å²) in [5.41, 5.74) is 0.976. The van der Waals surface area contributed by atoms with Gasteiger partial charge in [-0.1, -0.05) is 12.1 Å². The van der Waals surface area contributed by atoms with Crippen molar-refractivity contribution in [1.29, 1.82) is 0 Å². The zero-order chi connectivity index (χ0) is 18.1. The van der Waals surface area contributed by atoms with E-state index in [9.17, 15) is 9.18 Å². The number of morpholine rings is 1. The lowest BCUT2D eigenvalue weighted by Crippen LogP contribution is -2.57. The van der Waals surface area contributed by atoms with Gasteiger partial charge in [-0.25, -0.2) is 9.37 Å². The second-order valence-electron chi connectivity index (χ2n) is 7.03. The predicted molar refractivity (Wildman–Crippen MR) is 92.8 cm³/mol. The molecule has 3 heterocycles. The first-order chi connectivity index (χ1) is 12.5. The van der Waals surface area contributed by atoms with Gasteiger partial charge in [-0.05, 0) is 31.9 Å². The lowest BCUT2D eigenvalue weighted by atomic mass is 9.90. The largest absolute Gasteiger partial charge is 0.441 e. The summed E-state index contributed by atoms with van der Waals surface area (Å²) in [5, 5.41) is 2.90. The Hall–Kier alpha value is -2.25. The van der Waals surface area contributed by atoms with Crippen molar-refractivity contribution in [2.75, 3.05) is 26.2 Å². The van der Waals surface area contributed by atoms with E-state index in [0.29, 0.717) is 30.3 Å². The fourth-order valence-corrected chi connectivity index (χ4v) is 3.56. The van der Waals surface area contributed by atoms with Crippen molar-refractivity contribution in [3.63, 3.8) is 0 Å². The molecule has 4 rings (SSSR count). The summed E-state index contributed by atoms with van der Waals surface area (Å²) in [6.45, 7) is 4.97. The van der Waals surface area contributed by atoms with Crippen LogP contribution in [0, 0.1) is 12.7 Å². The molecular weight excluding hydrogens is 337 g/mol. The number of rotatable bonds is 3. The van der Waals surface area contributed by atoms with Gasteiger partial charge < -0.3 is 14.5 Å². The molecule has 0 radical (unpaired) electrons. The number of nitrogens with one attached hydrogen (secondary N) is 1. The summed E-state index contributed by atoms with van der Waals surface area (Å²) in [6.07, 6.45) is 1.73. The molecule has 1 amide bonds. The lowest BCUT2D eigenvalue weighted by Gasteiger charge is -2.43. The van der Waals surface area contributed by atoms with Gasteiger partial charge in [0.25, 0.3) is 0 Å². The molecule has 0 bridgehead atoms. The van der Waals surface area contributed by atoms with Crippen LogP contribution in [-0.2, 0) is 16.1 Å². The maximum absolute atomic E-state index is 14.0. The van der Waals surface area contributed by atoms with Crippen molar-refractivity contribution in [1.82, 2.24) is 15.2 Å². The number of nitrogens with zero attached hydrogens (tertiary/aromatic N) is 2. The Kier molecular flexibility index (Phi) is 4.50. The Balaban J connectivity index is 1.41. The van der Waals surface area contributed by atoms with Crippen LogP contribution in [0.15, 0.2) is 28.7 Å². The smallest absolute Gasteiger partial charge is 0.246 e. The number of hydrogen-bond acceptors (Lipinski definition) is 5. The third-order valence-corrected chi connectivity index (χ3v) is 5.25. The third kappa shape index (κ3) is 3.37. The first-order valence-corrected chi connectivity index (χ1v) is 8.89. The number of halogens is 1. The van der Waals surface area contributed by atoms with Crippen molar-refractivity contribution in [2.45, 2.75) is 31.9 Å². The first kappa shape index (κ1) is 17.2. The number of hydrogen-bond donors (Lipinski definition) is 1.